The number of halogens is 3. The number of rotatable bonds is 6. The summed E-state index contributed by atoms with van der Waals surface area (Å²) in [5.41, 5.74) is 0.187. The van der Waals surface area contributed by atoms with E-state index in [-0.39, 0.29) is 29.3 Å². The van der Waals surface area contributed by atoms with Crippen molar-refractivity contribution in [1.29, 1.82) is 0 Å². The van der Waals surface area contributed by atoms with Gasteiger partial charge in [-0.2, -0.15) is 15.0 Å². The molecule has 0 amide bonds. The van der Waals surface area contributed by atoms with Crippen LogP contribution in [0.5, 0.6) is 0 Å². The number of nitrogens with zero attached hydrogens (tertiary/aromatic N) is 3. The zero-order valence-electron chi connectivity index (χ0n) is 14.8. The van der Waals surface area contributed by atoms with Crippen LogP contribution in [-0.4, -0.2) is 44.2 Å². The molecule has 2 rings (SSSR count). The molecule has 140 valence electrons. The molecular formula is C16H24F3N5O. The maximum Gasteiger partial charge on any atom is 0.264 e. The van der Waals surface area contributed by atoms with Gasteiger partial charge >= 0.3 is 0 Å². The lowest BCUT2D eigenvalue weighted by Crippen LogP contribution is -2.35. The predicted molar refractivity (Wildman–Crippen MR) is 90.2 cm³/mol. The van der Waals surface area contributed by atoms with E-state index < -0.39 is 23.9 Å². The molecule has 0 saturated carbocycles. The molecule has 1 aliphatic carbocycles. The molecule has 1 aromatic heterocycles. The van der Waals surface area contributed by atoms with E-state index in [1.807, 2.05) is 13.8 Å². The van der Waals surface area contributed by atoms with Crippen LogP contribution in [0.25, 0.3) is 5.57 Å². The third-order valence-corrected chi connectivity index (χ3v) is 3.91. The molecule has 0 aromatic carbocycles. The first-order chi connectivity index (χ1) is 11.6. The summed E-state index contributed by atoms with van der Waals surface area (Å²) in [5, 5.41) is 15.2. The minimum absolute atomic E-state index is 0.0103. The van der Waals surface area contributed by atoms with E-state index in [1.54, 1.807) is 0 Å². The summed E-state index contributed by atoms with van der Waals surface area (Å²) in [6, 6.07) is -1.23. The molecule has 0 fully saturated rings. The molecule has 6 nitrogen and oxygen atoms in total. The second-order valence-corrected chi connectivity index (χ2v) is 6.66. The molecule has 0 bridgehead atoms. The SMILES string of the molecule is CC(C)Nc1nc(NC(C)C(C)(F)F)nc(C2=C(F)C(O)CCC2)n1. The van der Waals surface area contributed by atoms with Crippen molar-refractivity contribution in [3.05, 3.63) is 11.7 Å². The van der Waals surface area contributed by atoms with Crippen LogP contribution in [0, 0.1) is 0 Å². The largest absolute Gasteiger partial charge is 0.386 e. The second kappa shape index (κ2) is 7.55. The van der Waals surface area contributed by atoms with Crippen molar-refractivity contribution in [2.75, 3.05) is 10.6 Å². The number of anilines is 2. The first-order valence-electron chi connectivity index (χ1n) is 8.32. The molecule has 25 heavy (non-hydrogen) atoms. The molecule has 0 spiro atoms. The monoisotopic (exact) mass is 359 g/mol. The van der Waals surface area contributed by atoms with E-state index in [1.165, 1.54) is 6.92 Å². The minimum atomic E-state index is -2.98. The predicted octanol–water partition coefficient (Wildman–Crippen LogP) is 3.37. The molecule has 0 aliphatic heterocycles. The van der Waals surface area contributed by atoms with Crippen LogP contribution in [0.2, 0.25) is 0 Å². The van der Waals surface area contributed by atoms with Gasteiger partial charge in [-0.05, 0) is 40.0 Å². The van der Waals surface area contributed by atoms with Crippen molar-refractivity contribution in [3.63, 3.8) is 0 Å². The molecule has 1 aliphatic rings. The number of aliphatic hydroxyl groups excluding tert-OH is 1. The zero-order valence-corrected chi connectivity index (χ0v) is 14.8. The van der Waals surface area contributed by atoms with E-state index in [0.717, 1.165) is 6.92 Å². The highest BCUT2D eigenvalue weighted by atomic mass is 19.3. The normalized spacial score (nSPS) is 20.0. The number of aliphatic hydroxyl groups is 1. The lowest BCUT2D eigenvalue weighted by molar-refractivity contribution is 0.00675. The van der Waals surface area contributed by atoms with Gasteiger partial charge in [-0.15, -0.1) is 0 Å². The Morgan fingerprint density at radius 3 is 2.28 bits per heavy atom. The van der Waals surface area contributed by atoms with Gasteiger partial charge in [0.2, 0.25) is 11.9 Å². The number of hydrogen-bond acceptors (Lipinski definition) is 6. The Morgan fingerprint density at radius 1 is 1.12 bits per heavy atom. The average Bonchev–Trinajstić information content (AvgIpc) is 2.48. The lowest BCUT2D eigenvalue weighted by atomic mass is 9.96. The van der Waals surface area contributed by atoms with Crippen LogP contribution in [-0.2, 0) is 0 Å². The van der Waals surface area contributed by atoms with Crippen molar-refractivity contribution in [2.45, 2.75) is 71.1 Å². The summed E-state index contributed by atoms with van der Waals surface area (Å²) in [5.74, 6) is -3.52. The van der Waals surface area contributed by atoms with Gasteiger partial charge in [0, 0.05) is 18.5 Å². The van der Waals surface area contributed by atoms with E-state index in [4.69, 9.17) is 0 Å². The fourth-order valence-electron chi connectivity index (χ4n) is 2.36. The third-order valence-electron chi connectivity index (χ3n) is 3.91. The molecule has 9 heteroatoms. The first kappa shape index (κ1) is 19.4. The van der Waals surface area contributed by atoms with Crippen LogP contribution in [0.1, 0.15) is 52.8 Å². The maximum absolute atomic E-state index is 14.3. The molecule has 0 radical (unpaired) electrons. The number of allylic oxidation sites excluding steroid dienone is 1. The quantitative estimate of drug-likeness (QED) is 0.722. The molecular weight excluding hydrogens is 335 g/mol. The zero-order chi connectivity index (χ0) is 18.8. The highest BCUT2D eigenvalue weighted by Crippen LogP contribution is 2.32. The Balaban J connectivity index is 2.42. The number of hydrogen-bond donors (Lipinski definition) is 3. The molecule has 2 atom stereocenters. The van der Waals surface area contributed by atoms with Crippen LogP contribution in [0.3, 0.4) is 0 Å². The smallest absolute Gasteiger partial charge is 0.264 e. The van der Waals surface area contributed by atoms with Crippen molar-refractivity contribution in [3.8, 4) is 0 Å². The summed E-state index contributed by atoms with van der Waals surface area (Å²) in [6.07, 6.45) is 0.112. The highest BCUT2D eigenvalue weighted by molar-refractivity contribution is 5.65. The molecule has 3 N–H and O–H groups in total. The van der Waals surface area contributed by atoms with Gasteiger partial charge in [0.15, 0.2) is 5.82 Å². The summed E-state index contributed by atoms with van der Waals surface area (Å²) < 4.78 is 41.1. The Bertz CT molecular complexity index is 645. The van der Waals surface area contributed by atoms with Gasteiger partial charge < -0.3 is 15.7 Å². The van der Waals surface area contributed by atoms with Gasteiger partial charge in [0.1, 0.15) is 11.9 Å². The number of aromatic nitrogens is 3. The van der Waals surface area contributed by atoms with Crippen molar-refractivity contribution < 1.29 is 18.3 Å². The van der Waals surface area contributed by atoms with E-state index >= 15 is 0 Å². The first-order valence-corrected chi connectivity index (χ1v) is 8.32. The van der Waals surface area contributed by atoms with Gasteiger partial charge in [-0.1, -0.05) is 0 Å². The van der Waals surface area contributed by atoms with Crippen molar-refractivity contribution >= 4 is 17.5 Å². The van der Waals surface area contributed by atoms with Crippen molar-refractivity contribution in [1.82, 2.24) is 15.0 Å². The average molecular weight is 359 g/mol. The van der Waals surface area contributed by atoms with Crippen LogP contribution >= 0.6 is 0 Å². The second-order valence-electron chi connectivity index (χ2n) is 6.66. The third kappa shape index (κ3) is 5.04. The molecule has 1 aromatic rings. The minimum Gasteiger partial charge on any atom is -0.386 e. The summed E-state index contributed by atoms with van der Waals surface area (Å²) in [7, 11) is 0. The molecule has 2 unspecified atom stereocenters. The molecule has 1 heterocycles. The Kier molecular flexibility index (Phi) is 5.87. The standard InChI is InChI=1S/C16H24F3N5O/c1-8(2)20-14-22-13(10-6-5-7-11(25)12(10)17)23-15(24-14)21-9(3)16(4,18)19/h8-9,11,25H,5-7H2,1-4H3,(H2,20,21,22,23,24). The Morgan fingerprint density at radius 2 is 1.72 bits per heavy atom. The van der Waals surface area contributed by atoms with Gasteiger partial charge in [0.25, 0.3) is 5.92 Å². The summed E-state index contributed by atoms with van der Waals surface area (Å²) in [4.78, 5) is 12.3. The number of alkyl halides is 2. The summed E-state index contributed by atoms with van der Waals surface area (Å²) in [6.45, 7) is 5.83. The Hall–Kier alpha value is -1.90. The fraction of sp³-hybridized carbons (Fsp3) is 0.688. The van der Waals surface area contributed by atoms with Crippen LogP contribution in [0.4, 0.5) is 25.1 Å². The lowest BCUT2D eigenvalue weighted by Gasteiger charge is -2.22. The summed E-state index contributed by atoms with van der Waals surface area (Å²) >= 11 is 0. The molecule has 0 saturated heterocycles. The highest BCUT2D eigenvalue weighted by Gasteiger charge is 2.31. The maximum atomic E-state index is 14.3. The van der Waals surface area contributed by atoms with Gasteiger partial charge in [-0.25, -0.2) is 13.2 Å². The van der Waals surface area contributed by atoms with E-state index in [9.17, 15) is 18.3 Å². The van der Waals surface area contributed by atoms with Gasteiger partial charge in [-0.3, -0.25) is 0 Å². The van der Waals surface area contributed by atoms with E-state index in [2.05, 4.69) is 25.6 Å². The topological polar surface area (TPSA) is 83.0 Å². The van der Waals surface area contributed by atoms with Gasteiger partial charge in [0.05, 0.1) is 6.04 Å². The van der Waals surface area contributed by atoms with Crippen LogP contribution < -0.4 is 10.6 Å². The van der Waals surface area contributed by atoms with E-state index in [0.29, 0.717) is 19.3 Å². The Labute approximate surface area is 145 Å². The number of nitrogens with one attached hydrogen (secondary N) is 2. The van der Waals surface area contributed by atoms with Crippen LogP contribution in [0.15, 0.2) is 5.83 Å². The fourth-order valence-corrected chi connectivity index (χ4v) is 2.36. The van der Waals surface area contributed by atoms with Crippen molar-refractivity contribution in [2.24, 2.45) is 0 Å².